The first-order valence-electron chi connectivity index (χ1n) is 5.17. The number of hydrogen-bond acceptors (Lipinski definition) is 2. The maximum atomic E-state index is 4.37. The third-order valence-electron chi connectivity index (χ3n) is 2.51. The van der Waals surface area contributed by atoms with E-state index < -0.39 is 0 Å². The van der Waals surface area contributed by atoms with Crippen molar-refractivity contribution in [1.29, 1.82) is 0 Å². The van der Waals surface area contributed by atoms with Gasteiger partial charge in [0.25, 0.3) is 0 Å². The molecule has 0 atom stereocenters. The number of aryl methyl sites for hydroxylation is 2. The average molecular weight is 188 g/mol. The van der Waals surface area contributed by atoms with Crippen LogP contribution in [0.4, 0.5) is 0 Å². The number of aliphatic imine (C=N–C) groups is 1. The third kappa shape index (κ3) is 2.34. The SMILES string of the molecule is Cc1ccc(CCC2=NCCN2)cc1. The lowest BCUT2D eigenvalue weighted by Crippen LogP contribution is -2.18. The highest BCUT2D eigenvalue weighted by atomic mass is 15.1. The van der Waals surface area contributed by atoms with E-state index in [1.807, 2.05) is 0 Å². The van der Waals surface area contributed by atoms with E-state index in [1.54, 1.807) is 0 Å². The van der Waals surface area contributed by atoms with Crippen molar-refractivity contribution in [2.24, 2.45) is 4.99 Å². The van der Waals surface area contributed by atoms with Crippen LogP contribution in [0.15, 0.2) is 29.3 Å². The van der Waals surface area contributed by atoms with Crippen molar-refractivity contribution in [1.82, 2.24) is 5.32 Å². The molecule has 1 aromatic carbocycles. The van der Waals surface area contributed by atoms with Gasteiger partial charge in [-0.3, -0.25) is 4.99 Å². The average Bonchev–Trinajstić information content (AvgIpc) is 2.70. The molecule has 0 spiro atoms. The zero-order valence-corrected chi connectivity index (χ0v) is 8.59. The number of hydrogen-bond donors (Lipinski definition) is 1. The minimum atomic E-state index is 0.948. The van der Waals surface area contributed by atoms with E-state index in [0.29, 0.717) is 0 Å². The molecule has 0 amide bonds. The van der Waals surface area contributed by atoms with Gasteiger partial charge in [0.05, 0.1) is 12.4 Å². The fourth-order valence-electron chi connectivity index (χ4n) is 1.63. The standard InChI is InChI=1S/C12H16N2/c1-10-2-4-11(5-3-10)6-7-12-13-8-9-14-12/h2-5H,6-9H2,1H3,(H,13,14). The van der Waals surface area contributed by atoms with Gasteiger partial charge in [0.2, 0.25) is 0 Å². The van der Waals surface area contributed by atoms with Gasteiger partial charge in [0.15, 0.2) is 0 Å². The molecule has 0 aliphatic carbocycles. The maximum Gasteiger partial charge on any atom is 0.0967 e. The Hall–Kier alpha value is -1.31. The van der Waals surface area contributed by atoms with E-state index in [0.717, 1.165) is 25.9 Å². The maximum absolute atomic E-state index is 4.37. The first kappa shape index (κ1) is 9.25. The van der Waals surface area contributed by atoms with Crippen LogP contribution in [0.1, 0.15) is 17.5 Å². The molecule has 2 rings (SSSR count). The zero-order chi connectivity index (χ0) is 9.80. The molecule has 2 heteroatoms. The largest absolute Gasteiger partial charge is 0.372 e. The van der Waals surface area contributed by atoms with E-state index in [2.05, 4.69) is 41.5 Å². The summed E-state index contributed by atoms with van der Waals surface area (Å²) in [4.78, 5) is 4.37. The van der Waals surface area contributed by atoms with E-state index in [9.17, 15) is 0 Å². The number of benzene rings is 1. The van der Waals surface area contributed by atoms with E-state index in [4.69, 9.17) is 0 Å². The van der Waals surface area contributed by atoms with Gasteiger partial charge in [-0.05, 0) is 18.9 Å². The van der Waals surface area contributed by atoms with E-state index >= 15 is 0 Å². The first-order chi connectivity index (χ1) is 6.84. The molecule has 1 aromatic rings. The summed E-state index contributed by atoms with van der Waals surface area (Å²) in [6.07, 6.45) is 2.13. The van der Waals surface area contributed by atoms with Crippen molar-refractivity contribution < 1.29 is 0 Å². The fourth-order valence-corrected chi connectivity index (χ4v) is 1.63. The summed E-state index contributed by atoms with van der Waals surface area (Å²) in [5.41, 5.74) is 2.72. The molecule has 14 heavy (non-hydrogen) atoms. The summed E-state index contributed by atoms with van der Waals surface area (Å²) in [7, 11) is 0. The van der Waals surface area contributed by atoms with Gasteiger partial charge < -0.3 is 5.32 Å². The Morgan fingerprint density at radius 2 is 2.00 bits per heavy atom. The van der Waals surface area contributed by atoms with Gasteiger partial charge in [-0.25, -0.2) is 0 Å². The molecule has 1 aliphatic rings. The number of nitrogens with one attached hydrogen (secondary N) is 1. The Morgan fingerprint density at radius 1 is 1.21 bits per heavy atom. The predicted octanol–water partition coefficient (Wildman–Crippen LogP) is 1.93. The molecular formula is C12H16N2. The summed E-state index contributed by atoms with van der Waals surface area (Å²) in [6.45, 7) is 4.08. The molecule has 74 valence electrons. The van der Waals surface area contributed by atoms with Crippen LogP contribution < -0.4 is 5.32 Å². The van der Waals surface area contributed by atoms with Gasteiger partial charge in [0, 0.05) is 13.0 Å². The lowest BCUT2D eigenvalue weighted by Gasteiger charge is -2.02. The van der Waals surface area contributed by atoms with Gasteiger partial charge in [-0.15, -0.1) is 0 Å². The van der Waals surface area contributed by atoms with Crippen LogP contribution in [-0.2, 0) is 6.42 Å². The number of nitrogens with zero attached hydrogens (tertiary/aromatic N) is 1. The Bertz CT molecular complexity index is 325. The molecule has 1 heterocycles. The van der Waals surface area contributed by atoms with Crippen LogP contribution in [-0.4, -0.2) is 18.9 Å². The van der Waals surface area contributed by atoms with Crippen molar-refractivity contribution >= 4 is 5.84 Å². The minimum absolute atomic E-state index is 0.948. The molecule has 0 unspecified atom stereocenters. The lowest BCUT2D eigenvalue weighted by atomic mass is 10.1. The van der Waals surface area contributed by atoms with Crippen LogP contribution in [0.2, 0.25) is 0 Å². The summed E-state index contributed by atoms with van der Waals surface area (Å²) in [5, 5.41) is 3.29. The first-order valence-corrected chi connectivity index (χ1v) is 5.17. The van der Waals surface area contributed by atoms with Crippen molar-refractivity contribution in [2.75, 3.05) is 13.1 Å². The summed E-state index contributed by atoms with van der Waals surface area (Å²) >= 11 is 0. The van der Waals surface area contributed by atoms with Crippen LogP contribution in [0.25, 0.3) is 0 Å². The molecule has 0 bridgehead atoms. The van der Waals surface area contributed by atoms with Gasteiger partial charge >= 0.3 is 0 Å². The van der Waals surface area contributed by atoms with Crippen LogP contribution in [0, 0.1) is 6.92 Å². The van der Waals surface area contributed by atoms with Crippen molar-refractivity contribution in [3.63, 3.8) is 0 Å². The molecule has 1 aliphatic heterocycles. The Kier molecular flexibility index (Phi) is 2.82. The topological polar surface area (TPSA) is 24.4 Å². The Morgan fingerprint density at radius 3 is 2.64 bits per heavy atom. The van der Waals surface area contributed by atoms with E-state index in [-0.39, 0.29) is 0 Å². The molecule has 0 fully saturated rings. The number of rotatable bonds is 3. The minimum Gasteiger partial charge on any atom is -0.372 e. The van der Waals surface area contributed by atoms with Gasteiger partial charge in [-0.1, -0.05) is 29.8 Å². The lowest BCUT2D eigenvalue weighted by molar-refractivity contribution is 0.934. The fraction of sp³-hybridized carbons (Fsp3) is 0.417. The highest BCUT2D eigenvalue weighted by Gasteiger charge is 2.04. The molecule has 2 nitrogen and oxygen atoms in total. The molecule has 1 N–H and O–H groups in total. The Labute approximate surface area is 85.1 Å². The number of amidine groups is 1. The van der Waals surface area contributed by atoms with Crippen molar-refractivity contribution in [3.05, 3.63) is 35.4 Å². The van der Waals surface area contributed by atoms with E-state index in [1.165, 1.54) is 17.0 Å². The van der Waals surface area contributed by atoms with Crippen molar-refractivity contribution in [2.45, 2.75) is 19.8 Å². The second-order valence-electron chi connectivity index (χ2n) is 3.74. The summed E-state index contributed by atoms with van der Waals surface area (Å²) in [5.74, 6) is 1.17. The monoisotopic (exact) mass is 188 g/mol. The third-order valence-corrected chi connectivity index (χ3v) is 2.51. The smallest absolute Gasteiger partial charge is 0.0967 e. The van der Waals surface area contributed by atoms with Gasteiger partial charge in [-0.2, -0.15) is 0 Å². The van der Waals surface area contributed by atoms with Gasteiger partial charge in [0.1, 0.15) is 0 Å². The second kappa shape index (κ2) is 4.27. The Balaban J connectivity index is 1.88. The molecular weight excluding hydrogens is 172 g/mol. The molecule has 0 saturated carbocycles. The van der Waals surface area contributed by atoms with Crippen LogP contribution in [0.3, 0.4) is 0 Å². The highest BCUT2D eigenvalue weighted by Crippen LogP contribution is 2.06. The molecule has 0 aromatic heterocycles. The second-order valence-corrected chi connectivity index (χ2v) is 3.74. The highest BCUT2D eigenvalue weighted by molar-refractivity contribution is 5.83. The zero-order valence-electron chi connectivity index (χ0n) is 8.59. The molecule has 0 saturated heterocycles. The molecule has 0 radical (unpaired) electrons. The quantitative estimate of drug-likeness (QED) is 0.770. The summed E-state index contributed by atoms with van der Waals surface area (Å²) < 4.78 is 0. The van der Waals surface area contributed by atoms with Crippen LogP contribution >= 0.6 is 0 Å². The van der Waals surface area contributed by atoms with Crippen LogP contribution in [0.5, 0.6) is 0 Å². The summed E-state index contributed by atoms with van der Waals surface area (Å²) in [6, 6.07) is 8.73. The van der Waals surface area contributed by atoms with Crippen molar-refractivity contribution in [3.8, 4) is 0 Å². The predicted molar refractivity (Wildman–Crippen MR) is 59.8 cm³/mol. The normalized spacial score (nSPS) is 15.1.